The van der Waals surface area contributed by atoms with Crippen LogP contribution in [0, 0.1) is 0 Å². The molecule has 2 unspecified atom stereocenters. The van der Waals surface area contributed by atoms with Gasteiger partial charge in [-0.3, -0.25) is 4.79 Å². The predicted octanol–water partition coefficient (Wildman–Crippen LogP) is 1.99. The molecule has 2 aromatic rings. The van der Waals surface area contributed by atoms with Crippen molar-refractivity contribution in [3.05, 3.63) is 60.1 Å². The minimum Gasteiger partial charge on any atom is -0.467 e. The topological polar surface area (TPSA) is 101 Å². The summed E-state index contributed by atoms with van der Waals surface area (Å²) in [5.41, 5.74) is 6.31. The number of carbonyl (C=O) groups is 1. The number of carbonyl (C=O) groups excluding carboxylic acids is 1. The van der Waals surface area contributed by atoms with Crippen molar-refractivity contribution in [2.24, 2.45) is 10.9 Å². The van der Waals surface area contributed by atoms with Crippen LogP contribution in [0.2, 0.25) is 0 Å². The number of nitrogens with two attached hydrogens (primary N) is 1. The third-order valence-corrected chi connectivity index (χ3v) is 3.14. The molecule has 2 atom stereocenters. The summed E-state index contributed by atoms with van der Waals surface area (Å²) < 4.78 is 5.24. The lowest BCUT2D eigenvalue weighted by atomic mass is 9.96. The molecular weight excluding hydrogens is 270 g/mol. The predicted molar refractivity (Wildman–Crippen MR) is 77.9 cm³/mol. The highest BCUT2D eigenvalue weighted by Crippen LogP contribution is 2.19. The summed E-state index contributed by atoms with van der Waals surface area (Å²) in [6, 6.07) is 12.1. The Bertz CT molecular complexity index is 608. The van der Waals surface area contributed by atoms with Crippen molar-refractivity contribution in [2.75, 3.05) is 0 Å². The van der Waals surface area contributed by atoms with Gasteiger partial charge in [-0.1, -0.05) is 35.5 Å². The first-order chi connectivity index (χ1) is 10.1. The van der Waals surface area contributed by atoms with Gasteiger partial charge in [0.15, 0.2) is 5.84 Å². The van der Waals surface area contributed by atoms with Gasteiger partial charge >= 0.3 is 0 Å². The standard InChI is InChI=1S/C15H17N3O3/c1-10(12-8-5-9-21-12)17-15(19)13(14(16)18-20)11-6-3-2-4-7-11/h2-10,13,20H,1H3,(H2,16,18)(H,17,19). The Morgan fingerprint density at radius 2 is 2.00 bits per heavy atom. The molecule has 0 fully saturated rings. The summed E-state index contributed by atoms with van der Waals surface area (Å²) in [5.74, 6) is -0.742. The van der Waals surface area contributed by atoms with Gasteiger partial charge in [-0.2, -0.15) is 0 Å². The molecule has 0 bridgehead atoms. The molecule has 1 aromatic carbocycles. The molecule has 0 spiro atoms. The fourth-order valence-corrected chi connectivity index (χ4v) is 2.07. The number of hydrogen-bond donors (Lipinski definition) is 3. The van der Waals surface area contributed by atoms with Crippen molar-refractivity contribution in [3.63, 3.8) is 0 Å². The molecule has 6 heteroatoms. The van der Waals surface area contributed by atoms with Crippen LogP contribution in [-0.4, -0.2) is 17.0 Å². The number of nitrogens with one attached hydrogen (secondary N) is 1. The van der Waals surface area contributed by atoms with Crippen molar-refractivity contribution in [3.8, 4) is 0 Å². The van der Waals surface area contributed by atoms with Gasteiger partial charge in [0, 0.05) is 0 Å². The van der Waals surface area contributed by atoms with E-state index in [0.717, 1.165) is 0 Å². The SMILES string of the molecule is CC(NC(=O)C(C(N)=NO)c1ccccc1)c1ccco1. The van der Waals surface area contributed by atoms with E-state index in [0.29, 0.717) is 11.3 Å². The molecule has 6 nitrogen and oxygen atoms in total. The van der Waals surface area contributed by atoms with Crippen molar-refractivity contribution < 1.29 is 14.4 Å². The molecule has 1 heterocycles. The molecule has 1 amide bonds. The second-order valence-corrected chi connectivity index (χ2v) is 4.61. The molecule has 21 heavy (non-hydrogen) atoms. The highest BCUT2D eigenvalue weighted by atomic mass is 16.4. The largest absolute Gasteiger partial charge is 0.467 e. The zero-order valence-electron chi connectivity index (χ0n) is 11.6. The number of nitrogens with zero attached hydrogens (tertiary/aromatic N) is 1. The van der Waals surface area contributed by atoms with Crippen LogP contribution in [0.4, 0.5) is 0 Å². The van der Waals surface area contributed by atoms with Crippen LogP contribution in [0.5, 0.6) is 0 Å². The zero-order valence-corrected chi connectivity index (χ0v) is 11.6. The van der Waals surface area contributed by atoms with Gasteiger partial charge in [-0.25, -0.2) is 0 Å². The lowest BCUT2D eigenvalue weighted by molar-refractivity contribution is -0.121. The van der Waals surface area contributed by atoms with E-state index in [9.17, 15) is 4.79 Å². The van der Waals surface area contributed by atoms with Crippen molar-refractivity contribution in [1.82, 2.24) is 5.32 Å². The maximum absolute atomic E-state index is 12.4. The molecule has 0 radical (unpaired) electrons. The Labute approximate surface area is 122 Å². The quantitative estimate of drug-likeness (QED) is 0.339. The number of furan rings is 1. The van der Waals surface area contributed by atoms with Crippen molar-refractivity contribution >= 4 is 11.7 Å². The minimum absolute atomic E-state index is 0.162. The summed E-state index contributed by atoms with van der Waals surface area (Å²) in [6.45, 7) is 1.80. The summed E-state index contributed by atoms with van der Waals surface area (Å²) in [4.78, 5) is 12.4. The molecule has 0 aliphatic heterocycles. The second-order valence-electron chi connectivity index (χ2n) is 4.61. The van der Waals surface area contributed by atoms with Crippen LogP contribution in [0.25, 0.3) is 0 Å². The molecule has 110 valence electrons. The molecule has 2 rings (SSSR count). The first-order valence-corrected chi connectivity index (χ1v) is 6.49. The van der Waals surface area contributed by atoms with E-state index in [1.807, 2.05) is 6.07 Å². The number of oxime groups is 1. The maximum atomic E-state index is 12.4. The molecule has 0 aliphatic rings. The Balaban J connectivity index is 2.20. The normalized spacial score (nSPS) is 14.4. The van der Waals surface area contributed by atoms with E-state index >= 15 is 0 Å². The highest BCUT2D eigenvalue weighted by molar-refractivity contribution is 6.07. The van der Waals surface area contributed by atoms with Gasteiger partial charge in [-0.05, 0) is 24.6 Å². The fraction of sp³-hybridized carbons (Fsp3) is 0.200. The molecule has 4 N–H and O–H groups in total. The summed E-state index contributed by atoms with van der Waals surface area (Å²) in [7, 11) is 0. The zero-order chi connectivity index (χ0) is 15.2. The van der Waals surface area contributed by atoms with E-state index in [4.69, 9.17) is 15.4 Å². The lowest BCUT2D eigenvalue weighted by Gasteiger charge is -2.18. The average Bonchev–Trinajstić information content (AvgIpc) is 3.02. The van der Waals surface area contributed by atoms with Crippen molar-refractivity contribution in [2.45, 2.75) is 18.9 Å². The van der Waals surface area contributed by atoms with Crippen LogP contribution in [0.3, 0.4) is 0 Å². The summed E-state index contributed by atoms with van der Waals surface area (Å²) in [6.07, 6.45) is 1.54. The van der Waals surface area contributed by atoms with Gasteiger partial charge in [0.2, 0.25) is 5.91 Å². The summed E-state index contributed by atoms with van der Waals surface area (Å²) in [5, 5.41) is 14.7. The van der Waals surface area contributed by atoms with Crippen LogP contribution >= 0.6 is 0 Å². The van der Waals surface area contributed by atoms with Gasteiger partial charge in [-0.15, -0.1) is 0 Å². The van der Waals surface area contributed by atoms with Gasteiger partial charge < -0.3 is 20.7 Å². The monoisotopic (exact) mass is 287 g/mol. The summed E-state index contributed by atoms with van der Waals surface area (Å²) >= 11 is 0. The lowest BCUT2D eigenvalue weighted by Crippen LogP contribution is -2.38. The highest BCUT2D eigenvalue weighted by Gasteiger charge is 2.27. The first kappa shape index (κ1) is 14.6. The number of benzene rings is 1. The maximum Gasteiger partial charge on any atom is 0.235 e. The smallest absolute Gasteiger partial charge is 0.235 e. The third kappa shape index (κ3) is 3.42. The Kier molecular flexibility index (Phi) is 4.61. The van der Waals surface area contributed by atoms with E-state index < -0.39 is 5.92 Å². The Hall–Kier alpha value is -2.76. The first-order valence-electron chi connectivity index (χ1n) is 6.49. The van der Waals surface area contributed by atoms with E-state index in [2.05, 4.69) is 10.5 Å². The van der Waals surface area contributed by atoms with E-state index in [1.165, 1.54) is 6.26 Å². The molecule has 0 aliphatic carbocycles. The van der Waals surface area contributed by atoms with Crippen molar-refractivity contribution in [1.29, 1.82) is 0 Å². The second kappa shape index (κ2) is 6.60. The average molecular weight is 287 g/mol. The van der Waals surface area contributed by atoms with Gasteiger partial charge in [0.25, 0.3) is 0 Å². The van der Waals surface area contributed by atoms with Crippen LogP contribution in [0.15, 0.2) is 58.3 Å². The van der Waals surface area contributed by atoms with E-state index in [-0.39, 0.29) is 17.8 Å². The number of amidine groups is 1. The third-order valence-electron chi connectivity index (χ3n) is 3.14. The Morgan fingerprint density at radius 1 is 1.29 bits per heavy atom. The molecule has 0 saturated carbocycles. The molecule has 0 saturated heterocycles. The Morgan fingerprint density at radius 3 is 2.57 bits per heavy atom. The van der Waals surface area contributed by atoms with Crippen LogP contribution < -0.4 is 11.1 Å². The van der Waals surface area contributed by atoms with Crippen LogP contribution in [0.1, 0.15) is 30.2 Å². The number of rotatable bonds is 5. The van der Waals surface area contributed by atoms with Gasteiger partial charge in [0.05, 0.1) is 12.3 Å². The van der Waals surface area contributed by atoms with Crippen LogP contribution in [-0.2, 0) is 4.79 Å². The van der Waals surface area contributed by atoms with E-state index in [1.54, 1.807) is 43.3 Å². The minimum atomic E-state index is -0.853. The fourth-order valence-electron chi connectivity index (χ4n) is 2.07. The number of amides is 1. The van der Waals surface area contributed by atoms with Gasteiger partial charge in [0.1, 0.15) is 11.7 Å². The molecule has 1 aromatic heterocycles. The molecular formula is C15H17N3O3. The number of hydrogen-bond acceptors (Lipinski definition) is 4.